The normalized spacial score (nSPS) is 27.0. The molecular weight excluding hydrogens is 519 g/mol. The lowest BCUT2D eigenvalue weighted by Crippen LogP contribution is -2.39. The van der Waals surface area contributed by atoms with Crippen LogP contribution >= 0.6 is 0 Å². The average Bonchev–Trinajstić information content (AvgIpc) is 3.64. The quantitative estimate of drug-likeness (QED) is 0.502. The van der Waals surface area contributed by atoms with Crippen molar-refractivity contribution in [1.29, 1.82) is 0 Å². The summed E-state index contributed by atoms with van der Waals surface area (Å²) in [5.41, 5.74) is -1.84. The van der Waals surface area contributed by atoms with Gasteiger partial charge in [0, 0.05) is 33.8 Å². The second-order valence-corrected chi connectivity index (χ2v) is 13.0. The van der Waals surface area contributed by atoms with Gasteiger partial charge in [0.2, 0.25) is 0 Å². The molecule has 2 fully saturated rings. The smallest absolute Gasteiger partial charge is 0.310 e. The number of alkyl halides is 3. The fraction of sp³-hybridized carbons (Fsp3) is 0.500. The Hall–Kier alpha value is -3.15. The van der Waals surface area contributed by atoms with Gasteiger partial charge in [-0.25, -0.2) is 22.9 Å². The van der Waals surface area contributed by atoms with Gasteiger partial charge in [-0.2, -0.15) is 8.78 Å². The zero-order chi connectivity index (χ0) is 26.9. The van der Waals surface area contributed by atoms with Crippen LogP contribution < -0.4 is 15.6 Å². The molecule has 1 saturated carbocycles. The summed E-state index contributed by atoms with van der Waals surface area (Å²) in [6.07, 6.45) is 3.03. The van der Waals surface area contributed by atoms with Crippen LogP contribution in [0.5, 0.6) is 5.75 Å². The first kappa shape index (κ1) is 25.1. The highest BCUT2D eigenvalue weighted by atomic mass is 32.2. The molecule has 0 amide bonds. The van der Waals surface area contributed by atoms with Crippen LogP contribution in [0, 0.1) is 0 Å². The molecule has 2 aliphatic heterocycles. The number of aryl methyl sites for hydroxylation is 1. The van der Waals surface area contributed by atoms with E-state index in [9.17, 15) is 17.8 Å². The van der Waals surface area contributed by atoms with Gasteiger partial charge in [-0.05, 0) is 44.7 Å². The number of pyridine rings is 1. The number of rotatable bonds is 5. The van der Waals surface area contributed by atoms with E-state index in [0.717, 1.165) is 12.8 Å². The van der Waals surface area contributed by atoms with Crippen LogP contribution in [0.25, 0.3) is 11.0 Å². The molecule has 1 aromatic carbocycles. The Morgan fingerprint density at radius 1 is 1.18 bits per heavy atom. The Kier molecular flexibility index (Phi) is 5.75. The third-order valence-electron chi connectivity index (χ3n) is 7.67. The highest BCUT2D eigenvalue weighted by molar-refractivity contribution is 7.93. The van der Waals surface area contributed by atoms with Gasteiger partial charge in [0.05, 0.1) is 28.6 Å². The van der Waals surface area contributed by atoms with Gasteiger partial charge in [0.25, 0.3) is 5.56 Å². The molecular formula is C26H28F3N5O3S. The fourth-order valence-corrected chi connectivity index (χ4v) is 7.72. The number of para-hydroxylation sites is 1. The van der Waals surface area contributed by atoms with Crippen LogP contribution in [0.3, 0.4) is 0 Å². The van der Waals surface area contributed by atoms with Crippen LogP contribution in [0.15, 0.2) is 39.8 Å². The van der Waals surface area contributed by atoms with Crippen molar-refractivity contribution < 1.29 is 22.1 Å². The van der Waals surface area contributed by atoms with Gasteiger partial charge in [0.1, 0.15) is 29.2 Å². The minimum atomic E-state index is -3.06. The van der Waals surface area contributed by atoms with E-state index < -0.39 is 39.5 Å². The lowest BCUT2D eigenvalue weighted by atomic mass is 9.90. The largest absolute Gasteiger partial charge is 0.486 e. The Bertz CT molecular complexity index is 1610. The summed E-state index contributed by atoms with van der Waals surface area (Å²) in [6, 6.07) is 5.70. The van der Waals surface area contributed by atoms with Crippen molar-refractivity contribution in [3.05, 3.63) is 57.6 Å². The van der Waals surface area contributed by atoms with Gasteiger partial charge in [0.15, 0.2) is 6.61 Å². The van der Waals surface area contributed by atoms with Gasteiger partial charge in [-0.1, -0.05) is 12.1 Å². The standard InChI is InChI=1S/C26H28F3N5O3S/c1-15(17-4-3-5-19-21(17)37-13-26(19,28)29)32-22-18-12-20(24(35)34(2)23(18)31-14-30-22)25(27)8-10-38(36,11-9-25)33-16-6-7-16/h3-5,12,14-16H,6-11,13H2,1-2H3,(H,30,31,32)/t15-,25?,38?/m1/s1. The monoisotopic (exact) mass is 547 g/mol. The highest BCUT2D eigenvalue weighted by Crippen LogP contribution is 2.45. The SMILES string of the molecule is C[C@@H](Nc1ncnc2c1cc(C1(F)CCS(=O)(=NC3CC3)CC1)c(=O)n2C)c1cccc2c1OCC2(F)F. The summed E-state index contributed by atoms with van der Waals surface area (Å²) in [7, 11) is -0.946. The zero-order valence-electron chi connectivity index (χ0n) is 21.0. The third kappa shape index (κ3) is 4.22. The van der Waals surface area contributed by atoms with Crippen LogP contribution in [-0.4, -0.2) is 42.9 Å². The first-order valence-electron chi connectivity index (χ1n) is 12.7. The van der Waals surface area contributed by atoms with E-state index in [-0.39, 0.29) is 47.3 Å². The van der Waals surface area contributed by atoms with E-state index in [4.69, 9.17) is 4.74 Å². The van der Waals surface area contributed by atoms with Crippen molar-refractivity contribution in [2.24, 2.45) is 11.4 Å². The number of nitrogens with one attached hydrogen (secondary N) is 1. The molecule has 6 rings (SSSR count). The predicted octanol–water partition coefficient (Wildman–Crippen LogP) is 4.57. The van der Waals surface area contributed by atoms with Gasteiger partial charge in [-0.3, -0.25) is 9.36 Å². The molecule has 8 nitrogen and oxygen atoms in total. The number of halogens is 3. The maximum Gasteiger partial charge on any atom is 0.310 e. The number of anilines is 1. The average molecular weight is 548 g/mol. The minimum Gasteiger partial charge on any atom is -0.486 e. The fourth-order valence-electron chi connectivity index (χ4n) is 5.27. The molecule has 2 aromatic heterocycles. The molecule has 4 heterocycles. The molecule has 202 valence electrons. The number of aromatic nitrogens is 3. The summed E-state index contributed by atoms with van der Waals surface area (Å²) < 4.78 is 68.9. The molecule has 1 saturated heterocycles. The van der Waals surface area contributed by atoms with E-state index >= 15 is 4.39 Å². The number of ether oxygens (including phenoxy) is 1. The maximum atomic E-state index is 16.3. The number of benzene rings is 1. The molecule has 1 aliphatic carbocycles. The maximum absolute atomic E-state index is 16.3. The first-order chi connectivity index (χ1) is 18.0. The number of hydrogen-bond acceptors (Lipinski definition) is 7. The molecule has 1 N–H and O–H groups in total. The Morgan fingerprint density at radius 2 is 1.92 bits per heavy atom. The van der Waals surface area contributed by atoms with Crippen LogP contribution in [-0.2, 0) is 28.4 Å². The van der Waals surface area contributed by atoms with E-state index in [1.807, 2.05) is 0 Å². The molecule has 0 bridgehead atoms. The Labute approximate surface area is 217 Å². The first-order valence-corrected chi connectivity index (χ1v) is 14.5. The van der Waals surface area contributed by atoms with E-state index in [1.54, 1.807) is 19.1 Å². The lowest BCUT2D eigenvalue weighted by Gasteiger charge is -2.31. The minimum absolute atomic E-state index is 0.0329. The summed E-state index contributed by atoms with van der Waals surface area (Å²) in [5.74, 6) is -2.39. The second kappa shape index (κ2) is 8.69. The predicted molar refractivity (Wildman–Crippen MR) is 138 cm³/mol. The molecule has 12 heteroatoms. The molecule has 0 radical (unpaired) electrons. The summed E-state index contributed by atoms with van der Waals surface area (Å²) in [4.78, 5) is 21.8. The van der Waals surface area contributed by atoms with Crippen molar-refractivity contribution in [2.75, 3.05) is 23.4 Å². The van der Waals surface area contributed by atoms with Crippen molar-refractivity contribution in [1.82, 2.24) is 14.5 Å². The van der Waals surface area contributed by atoms with Crippen molar-refractivity contribution in [3.63, 3.8) is 0 Å². The van der Waals surface area contributed by atoms with Crippen LogP contribution in [0.2, 0.25) is 0 Å². The van der Waals surface area contributed by atoms with Gasteiger partial charge in [-0.15, -0.1) is 0 Å². The summed E-state index contributed by atoms with van der Waals surface area (Å²) in [6.45, 7) is 1.07. The number of nitrogens with zero attached hydrogens (tertiary/aromatic N) is 4. The number of fused-ring (bicyclic) bond motifs is 2. The second-order valence-electron chi connectivity index (χ2n) is 10.4. The lowest BCUT2D eigenvalue weighted by molar-refractivity contribution is -0.0214. The Balaban J connectivity index is 1.36. The number of hydrogen-bond donors (Lipinski definition) is 1. The van der Waals surface area contributed by atoms with Crippen molar-refractivity contribution in [3.8, 4) is 5.75 Å². The molecule has 0 unspecified atom stereocenters. The summed E-state index contributed by atoms with van der Waals surface area (Å²) >= 11 is 0. The third-order valence-corrected chi connectivity index (χ3v) is 10.0. The molecule has 0 spiro atoms. The van der Waals surface area contributed by atoms with Crippen LogP contribution in [0.1, 0.15) is 55.3 Å². The molecule has 38 heavy (non-hydrogen) atoms. The highest BCUT2D eigenvalue weighted by Gasteiger charge is 2.43. The van der Waals surface area contributed by atoms with Crippen molar-refractivity contribution in [2.45, 2.75) is 56.3 Å². The topological polar surface area (TPSA) is 98.5 Å². The molecule has 1 atom stereocenters. The van der Waals surface area contributed by atoms with Gasteiger partial charge < -0.3 is 10.1 Å². The van der Waals surface area contributed by atoms with E-state index in [2.05, 4.69) is 19.6 Å². The zero-order valence-corrected chi connectivity index (χ0v) is 21.9. The summed E-state index contributed by atoms with van der Waals surface area (Å²) in [5, 5.41) is 3.63. The van der Waals surface area contributed by atoms with E-state index in [1.165, 1.54) is 30.1 Å². The van der Waals surface area contributed by atoms with Gasteiger partial charge >= 0.3 is 5.92 Å². The van der Waals surface area contributed by atoms with E-state index in [0.29, 0.717) is 22.4 Å². The molecule has 3 aliphatic rings. The Morgan fingerprint density at radius 3 is 2.63 bits per heavy atom. The molecule has 3 aromatic rings. The van der Waals surface area contributed by atoms with Crippen LogP contribution in [0.4, 0.5) is 19.0 Å². The van der Waals surface area contributed by atoms with Crippen molar-refractivity contribution >= 4 is 26.6 Å².